The molecular formula is C6H9NO. The zero-order valence-electron chi connectivity index (χ0n) is 4.89. The number of hydrogen-bond donors (Lipinski definition) is 1. The standard InChI is InChI=1S/C6H9NO/c1-5-3-2-4-6(5)7-8/h3,8H,2,4H2,1H3/b7-6-. The molecule has 2 heteroatoms. The van der Waals surface area contributed by atoms with Gasteiger partial charge in [0.15, 0.2) is 0 Å². The van der Waals surface area contributed by atoms with Crippen molar-refractivity contribution in [3.63, 3.8) is 0 Å². The Bertz CT molecular complexity index is 147. The fourth-order valence-electron chi connectivity index (χ4n) is 0.869. The topological polar surface area (TPSA) is 32.6 Å². The van der Waals surface area contributed by atoms with E-state index in [1.165, 1.54) is 0 Å². The molecule has 44 valence electrons. The van der Waals surface area contributed by atoms with Gasteiger partial charge in [-0.05, 0) is 25.3 Å². The zero-order valence-corrected chi connectivity index (χ0v) is 4.89. The van der Waals surface area contributed by atoms with E-state index in [1.54, 1.807) is 0 Å². The normalized spacial score (nSPS) is 24.1. The lowest BCUT2D eigenvalue weighted by Gasteiger charge is -1.89. The molecule has 0 fully saturated rings. The molecule has 1 aliphatic rings. The summed E-state index contributed by atoms with van der Waals surface area (Å²) in [6, 6.07) is 0. The van der Waals surface area contributed by atoms with E-state index >= 15 is 0 Å². The summed E-state index contributed by atoms with van der Waals surface area (Å²) in [4.78, 5) is 0. The fraction of sp³-hybridized carbons (Fsp3) is 0.500. The van der Waals surface area contributed by atoms with Crippen LogP contribution in [0.2, 0.25) is 0 Å². The maximum absolute atomic E-state index is 8.28. The van der Waals surface area contributed by atoms with Crippen molar-refractivity contribution in [1.82, 2.24) is 0 Å². The average Bonchev–Trinajstić information content (AvgIpc) is 2.14. The molecule has 8 heavy (non-hydrogen) atoms. The molecule has 0 unspecified atom stereocenters. The van der Waals surface area contributed by atoms with E-state index < -0.39 is 0 Å². The number of allylic oxidation sites excluding steroid dienone is 2. The molecule has 0 spiro atoms. The van der Waals surface area contributed by atoms with Crippen molar-refractivity contribution >= 4 is 5.71 Å². The molecule has 0 atom stereocenters. The van der Waals surface area contributed by atoms with Crippen molar-refractivity contribution in [3.05, 3.63) is 11.6 Å². The van der Waals surface area contributed by atoms with Gasteiger partial charge in [0.1, 0.15) is 0 Å². The summed E-state index contributed by atoms with van der Waals surface area (Å²) in [6.07, 6.45) is 4.02. The molecule has 0 amide bonds. The summed E-state index contributed by atoms with van der Waals surface area (Å²) in [6.45, 7) is 1.96. The van der Waals surface area contributed by atoms with Crippen LogP contribution in [0, 0.1) is 0 Å². The maximum Gasteiger partial charge on any atom is 0.0824 e. The molecule has 0 bridgehead atoms. The zero-order chi connectivity index (χ0) is 5.98. The second-order valence-electron chi connectivity index (χ2n) is 1.97. The van der Waals surface area contributed by atoms with Gasteiger partial charge >= 0.3 is 0 Å². The molecule has 2 nitrogen and oxygen atoms in total. The molecule has 0 aliphatic heterocycles. The van der Waals surface area contributed by atoms with Crippen LogP contribution in [0.5, 0.6) is 0 Å². The third-order valence-corrected chi connectivity index (χ3v) is 1.41. The van der Waals surface area contributed by atoms with Crippen LogP contribution in [0.1, 0.15) is 19.8 Å². The molecule has 0 aromatic heterocycles. The number of rotatable bonds is 0. The lowest BCUT2D eigenvalue weighted by molar-refractivity contribution is 0.318. The molecule has 1 aliphatic carbocycles. The summed E-state index contributed by atoms with van der Waals surface area (Å²) in [5.41, 5.74) is 1.96. The fourth-order valence-corrected chi connectivity index (χ4v) is 0.869. The van der Waals surface area contributed by atoms with Crippen LogP contribution in [0.25, 0.3) is 0 Å². The van der Waals surface area contributed by atoms with Gasteiger partial charge in [0.05, 0.1) is 5.71 Å². The van der Waals surface area contributed by atoms with Crippen LogP contribution in [-0.2, 0) is 0 Å². The molecular weight excluding hydrogens is 102 g/mol. The predicted octanol–water partition coefficient (Wildman–Crippen LogP) is 1.56. The summed E-state index contributed by atoms with van der Waals surface area (Å²) in [7, 11) is 0. The summed E-state index contributed by atoms with van der Waals surface area (Å²) >= 11 is 0. The summed E-state index contributed by atoms with van der Waals surface area (Å²) in [5.74, 6) is 0. The van der Waals surface area contributed by atoms with Crippen LogP contribution in [-0.4, -0.2) is 10.9 Å². The summed E-state index contributed by atoms with van der Waals surface area (Å²) < 4.78 is 0. The first-order valence-electron chi connectivity index (χ1n) is 2.72. The Morgan fingerprint density at radius 3 is 2.75 bits per heavy atom. The average molecular weight is 111 g/mol. The second kappa shape index (κ2) is 1.99. The molecule has 0 aromatic carbocycles. The third-order valence-electron chi connectivity index (χ3n) is 1.41. The highest BCUT2D eigenvalue weighted by atomic mass is 16.4. The lowest BCUT2D eigenvalue weighted by Crippen LogP contribution is -1.91. The van der Waals surface area contributed by atoms with Crippen molar-refractivity contribution in [2.75, 3.05) is 0 Å². The van der Waals surface area contributed by atoms with Crippen LogP contribution >= 0.6 is 0 Å². The van der Waals surface area contributed by atoms with Crippen LogP contribution in [0.4, 0.5) is 0 Å². The molecule has 0 heterocycles. The van der Waals surface area contributed by atoms with Gasteiger partial charge < -0.3 is 5.21 Å². The van der Waals surface area contributed by atoms with Crippen LogP contribution in [0.3, 0.4) is 0 Å². The Balaban J connectivity index is 2.74. The Kier molecular flexibility index (Phi) is 1.33. The van der Waals surface area contributed by atoms with Crippen molar-refractivity contribution in [2.24, 2.45) is 5.16 Å². The minimum atomic E-state index is 0.838. The van der Waals surface area contributed by atoms with Gasteiger partial charge in [0.2, 0.25) is 0 Å². The number of oxime groups is 1. The van der Waals surface area contributed by atoms with Crippen molar-refractivity contribution < 1.29 is 5.21 Å². The van der Waals surface area contributed by atoms with E-state index in [-0.39, 0.29) is 0 Å². The van der Waals surface area contributed by atoms with E-state index in [9.17, 15) is 0 Å². The first-order valence-corrected chi connectivity index (χ1v) is 2.72. The quantitative estimate of drug-likeness (QED) is 0.373. The molecule has 1 rings (SSSR count). The largest absolute Gasteiger partial charge is 0.411 e. The first-order chi connectivity index (χ1) is 3.84. The minimum absolute atomic E-state index is 0.838. The smallest absolute Gasteiger partial charge is 0.0824 e. The van der Waals surface area contributed by atoms with Crippen molar-refractivity contribution in [3.8, 4) is 0 Å². The monoisotopic (exact) mass is 111 g/mol. The minimum Gasteiger partial charge on any atom is -0.411 e. The molecule has 1 N–H and O–H groups in total. The molecule has 0 saturated heterocycles. The second-order valence-corrected chi connectivity index (χ2v) is 1.97. The van der Waals surface area contributed by atoms with E-state index in [4.69, 9.17) is 5.21 Å². The Labute approximate surface area is 48.5 Å². The van der Waals surface area contributed by atoms with Gasteiger partial charge in [0, 0.05) is 0 Å². The third kappa shape index (κ3) is 0.735. The van der Waals surface area contributed by atoms with E-state index in [0.29, 0.717) is 0 Å². The van der Waals surface area contributed by atoms with Gasteiger partial charge in [-0.25, -0.2) is 0 Å². The highest BCUT2D eigenvalue weighted by molar-refractivity contribution is 6.01. The van der Waals surface area contributed by atoms with Crippen molar-refractivity contribution in [2.45, 2.75) is 19.8 Å². The highest BCUT2D eigenvalue weighted by Gasteiger charge is 2.07. The summed E-state index contributed by atoms with van der Waals surface area (Å²) in [5, 5.41) is 11.4. The van der Waals surface area contributed by atoms with E-state index in [0.717, 1.165) is 24.1 Å². The Morgan fingerprint density at radius 2 is 2.50 bits per heavy atom. The molecule has 0 saturated carbocycles. The van der Waals surface area contributed by atoms with Gasteiger partial charge in [-0.2, -0.15) is 0 Å². The maximum atomic E-state index is 8.28. The SMILES string of the molecule is CC1=CCC/C1=N/O. The van der Waals surface area contributed by atoms with Gasteiger partial charge in [0.25, 0.3) is 0 Å². The number of hydrogen-bond acceptors (Lipinski definition) is 2. The molecule has 0 radical (unpaired) electrons. The Hall–Kier alpha value is -0.790. The van der Waals surface area contributed by atoms with Gasteiger partial charge in [-0.15, -0.1) is 0 Å². The van der Waals surface area contributed by atoms with Crippen LogP contribution < -0.4 is 0 Å². The van der Waals surface area contributed by atoms with Gasteiger partial charge in [-0.1, -0.05) is 11.2 Å². The van der Waals surface area contributed by atoms with Gasteiger partial charge in [-0.3, -0.25) is 0 Å². The predicted molar refractivity (Wildman–Crippen MR) is 32.2 cm³/mol. The lowest BCUT2D eigenvalue weighted by atomic mass is 10.2. The number of nitrogens with zero attached hydrogens (tertiary/aromatic N) is 1. The van der Waals surface area contributed by atoms with Crippen LogP contribution in [0.15, 0.2) is 16.8 Å². The molecule has 0 aromatic rings. The highest BCUT2D eigenvalue weighted by Crippen LogP contribution is 2.13. The van der Waals surface area contributed by atoms with Crippen molar-refractivity contribution in [1.29, 1.82) is 0 Å². The Morgan fingerprint density at radius 1 is 1.75 bits per heavy atom. The first kappa shape index (κ1) is 5.35. The van der Waals surface area contributed by atoms with E-state index in [1.807, 2.05) is 6.92 Å². The van der Waals surface area contributed by atoms with E-state index in [2.05, 4.69) is 11.2 Å².